The van der Waals surface area contributed by atoms with Gasteiger partial charge in [0.05, 0.1) is 20.8 Å². The lowest BCUT2D eigenvalue weighted by Gasteiger charge is -2.34. The van der Waals surface area contributed by atoms with E-state index < -0.39 is 0 Å². The minimum absolute atomic E-state index is 0.0206. The van der Waals surface area contributed by atoms with E-state index in [-0.39, 0.29) is 11.8 Å². The summed E-state index contributed by atoms with van der Waals surface area (Å²) in [4.78, 5) is 28.3. The summed E-state index contributed by atoms with van der Waals surface area (Å²) < 4.78 is 10.4. The van der Waals surface area contributed by atoms with Crippen molar-refractivity contribution in [2.75, 3.05) is 53.5 Å². The molecule has 7 heteroatoms. The summed E-state index contributed by atoms with van der Waals surface area (Å²) in [5.74, 6) is 1.18. The number of rotatable bonds is 7. The van der Waals surface area contributed by atoms with E-state index in [9.17, 15) is 9.59 Å². The molecule has 0 bridgehead atoms. The molecule has 0 radical (unpaired) electrons. The number of benzene rings is 1. The van der Waals surface area contributed by atoms with Crippen LogP contribution in [0.4, 0.5) is 4.79 Å². The molecule has 25 heavy (non-hydrogen) atoms. The van der Waals surface area contributed by atoms with Gasteiger partial charge in [0, 0.05) is 38.3 Å². The average Bonchev–Trinajstić information content (AvgIpc) is 2.65. The van der Waals surface area contributed by atoms with Crippen molar-refractivity contribution in [3.63, 3.8) is 0 Å². The number of carbonyl (C=O) groups excluding carboxylic acids is 2. The van der Waals surface area contributed by atoms with Crippen LogP contribution in [0.1, 0.15) is 23.7 Å². The number of methoxy groups -OCH3 is 2. The smallest absolute Gasteiger partial charge is 0.317 e. The third-order valence-electron chi connectivity index (χ3n) is 4.26. The molecule has 138 valence electrons. The van der Waals surface area contributed by atoms with Gasteiger partial charge in [-0.1, -0.05) is 6.92 Å². The van der Waals surface area contributed by atoms with Crippen LogP contribution in [0.3, 0.4) is 0 Å². The van der Waals surface area contributed by atoms with E-state index in [4.69, 9.17) is 9.47 Å². The molecule has 2 rings (SSSR count). The molecule has 7 nitrogen and oxygen atoms in total. The number of nitrogens with one attached hydrogen (secondary N) is 1. The second-order valence-electron chi connectivity index (χ2n) is 5.99. The van der Waals surface area contributed by atoms with Crippen LogP contribution in [0, 0.1) is 0 Å². The molecule has 0 unspecified atom stereocenters. The van der Waals surface area contributed by atoms with E-state index in [1.165, 1.54) is 0 Å². The maximum absolute atomic E-state index is 12.5. The van der Waals surface area contributed by atoms with Gasteiger partial charge in [0.1, 0.15) is 0 Å². The number of Topliss-reactive ketones (excluding diaryl/α,β-unsaturated/α-hetero) is 1. The normalized spacial score (nSPS) is 14.9. The molecule has 0 atom stereocenters. The largest absolute Gasteiger partial charge is 0.493 e. The summed E-state index contributed by atoms with van der Waals surface area (Å²) in [6.07, 6.45) is 0.922. The Bertz CT molecular complexity index is 598. The van der Waals surface area contributed by atoms with Gasteiger partial charge in [-0.15, -0.1) is 0 Å². The van der Waals surface area contributed by atoms with Crippen LogP contribution >= 0.6 is 0 Å². The van der Waals surface area contributed by atoms with E-state index in [2.05, 4.69) is 10.2 Å². The van der Waals surface area contributed by atoms with Gasteiger partial charge < -0.3 is 19.7 Å². The molecule has 0 saturated carbocycles. The lowest BCUT2D eigenvalue weighted by atomic mass is 10.1. The number of piperazine rings is 1. The second-order valence-corrected chi connectivity index (χ2v) is 5.99. The van der Waals surface area contributed by atoms with Crippen molar-refractivity contribution in [2.45, 2.75) is 13.3 Å². The lowest BCUT2D eigenvalue weighted by Crippen LogP contribution is -2.52. The predicted octanol–water partition coefficient (Wildman–Crippen LogP) is 1.62. The number of urea groups is 1. The molecule has 1 saturated heterocycles. The Balaban J connectivity index is 1.87. The van der Waals surface area contributed by atoms with Crippen LogP contribution in [-0.2, 0) is 0 Å². The van der Waals surface area contributed by atoms with E-state index in [0.29, 0.717) is 56.3 Å². The van der Waals surface area contributed by atoms with Crippen LogP contribution in [-0.4, -0.2) is 75.1 Å². The first-order chi connectivity index (χ1) is 12.1. The first kappa shape index (κ1) is 19.1. The highest BCUT2D eigenvalue weighted by Crippen LogP contribution is 2.27. The number of hydrogen-bond acceptors (Lipinski definition) is 5. The fourth-order valence-electron chi connectivity index (χ4n) is 2.76. The lowest BCUT2D eigenvalue weighted by molar-refractivity contribution is 0.0878. The van der Waals surface area contributed by atoms with Crippen LogP contribution in [0.2, 0.25) is 0 Å². The summed E-state index contributed by atoms with van der Waals surface area (Å²) in [5.41, 5.74) is 0.598. The summed E-state index contributed by atoms with van der Waals surface area (Å²) in [6, 6.07) is 5.17. The molecule has 1 aliphatic heterocycles. The van der Waals surface area contributed by atoms with E-state index in [1.807, 2.05) is 6.92 Å². The third-order valence-corrected chi connectivity index (χ3v) is 4.26. The van der Waals surface area contributed by atoms with E-state index in [0.717, 1.165) is 6.42 Å². The molecule has 1 heterocycles. The summed E-state index contributed by atoms with van der Waals surface area (Å²) in [6.45, 7) is 5.70. The monoisotopic (exact) mass is 349 g/mol. The van der Waals surface area contributed by atoms with Crippen molar-refractivity contribution in [1.29, 1.82) is 0 Å². The van der Waals surface area contributed by atoms with Gasteiger partial charge in [-0.05, 0) is 24.6 Å². The Morgan fingerprint density at radius 3 is 2.36 bits per heavy atom. The Labute approximate surface area is 148 Å². The average molecular weight is 349 g/mol. The molecule has 0 aromatic heterocycles. The highest BCUT2D eigenvalue weighted by molar-refractivity contribution is 5.98. The quantitative estimate of drug-likeness (QED) is 0.758. The zero-order chi connectivity index (χ0) is 18.2. The SMILES string of the molecule is CCCNC(=O)N1CCN(CC(=O)c2ccc(OC)c(OC)c2)CC1. The van der Waals surface area contributed by atoms with Crippen molar-refractivity contribution >= 4 is 11.8 Å². The number of hydrogen-bond donors (Lipinski definition) is 1. The third kappa shape index (κ3) is 5.09. The topological polar surface area (TPSA) is 71.1 Å². The molecule has 1 aromatic carbocycles. The van der Waals surface area contributed by atoms with Gasteiger partial charge in [-0.2, -0.15) is 0 Å². The number of ketones is 1. The Hall–Kier alpha value is -2.28. The van der Waals surface area contributed by atoms with Crippen molar-refractivity contribution in [2.24, 2.45) is 0 Å². The number of ether oxygens (including phenoxy) is 2. The summed E-state index contributed by atoms with van der Waals surface area (Å²) in [7, 11) is 3.12. The molecule has 1 N–H and O–H groups in total. The molecule has 1 fully saturated rings. The Morgan fingerprint density at radius 2 is 1.76 bits per heavy atom. The molecular formula is C18H27N3O4. The van der Waals surface area contributed by atoms with Crippen LogP contribution in [0.25, 0.3) is 0 Å². The molecule has 1 aliphatic rings. The first-order valence-electron chi connectivity index (χ1n) is 8.59. The molecule has 1 aromatic rings. The molecule has 0 aliphatic carbocycles. The van der Waals surface area contributed by atoms with Gasteiger partial charge in [-0.25, -0.2) is 4.79 Å². The van der Waals surface area contributed by atoms with Gasteiger partial charge in [0.25, 0.3) is 0 Å². The standard InChI is InChI=1S/C18H27N3O4/c1-4-7-19-18(23)21-10-8-20(9-11-21)13-15(22)14-5-6-16(24-2)17(12-14)25-3/h5-6,12H,4,7-11,13H2,1-3H3,(H,19,23). The highest BCUT2D eigenvalue weighted by Gasteiger charge is 2.22. The zero-order valence-corrected chi connectivity index (χ0v) is 15.2. The number of amides is 2. The minimum atomic E-state index is -0.0206. The van der Waals surface area contributed by atoms with Crippen LogP contribution in [0.5, 0.6) is 11.5 Å². The molecule has 0 spiro atoms. The zero-order valence-electron chi connectivity index (χ0n) is 15.2. The van der Waals surface area contributed by atoms with Crippen molar-refractivity contribution in [1.82, 2.24) is 15.1 Å². The molecule has 2 amide bonds. The molecular weight excluding hydrogens is 322 g/mol. The van der Waals surface area contributed by atoms with Crippen molar-refractivity contribution in [3.8, 4) is 11.5 Å². The first-order valence-corrected chi connectivity index (χ1v) is 8.59. The van der Waals surface area contributed by atoms with Crippen molar-refractivity contribution < 1.29 is 19.1 Å². The maximum atomic E-state index is 12.5. The van der Waals surface area contributed by atoms with Gasteiger partial charge >= 0.3 is 6.03 Å². The van der Waals surface area contributed by atoms with Crippen molar-refractivity contribution in [3.05, 3.63) is 23.8 Å². The van der Waals surface area contributed by atoms with Gasteiger partial charge in [0.2, 0.25) is 0 Å². The second kappa shape index (κ2) is 9.27. The minimum Gasteiger partial charge on any atom is -0.493 e. The van der Waals surface area contributed by atoms with Gasteiger partial charge in [0.15, 0.2) is 17.3 Å². The summed E-state index contributed by atoms with van der Waals surface area (Å²) in [5, 5.41) is 2.88. The number of carbonyl (C=O) groups is 2. The Morgan fingerprint density at radius 1 is 1.08 bits per heavy atom. The Kier molecular flexibility index (Phi) is 7.06. The van der Waals surface area contributed by atoms with Gasteiger partial charge in [-0.3, -0.25) is 9.69 Å². The van der Waals surface area contributed by atoms with Crippen LogP contribution in [0.15, 0.2) is 18.2 Å². The predicted molar refractivity (Wildman–Crippen MR) is 95.6 cm³/mol. The number of nitrogens with zero attached hydrogens (tertiary/aromatic N) is 2. The van der Waals surface area contributed by atoms with E-state index in [1.54, 1.807) is 37.3 Å². The maximum Gasteiger partial charge on any atom is 0.317 e. The highest BCUT2D eigenvalue weighted by atomic mass is 16.5. The fourth-order valence-corrected chi connectivity index (χ4v) is 2.76. The summed E-state index contributed by atoms with van der Waals surface area (Å²) >= 11 is 0. The fraction of sp³-hybridized carbons (Fsp3) is 0.556. The van der Waals surface area contributed by atoms with Crippen LogP contribution < -0.4 is 14.8 Å². The van der Waals surface area contributed by atoms with E-state index >= 15 is 0 Å².